The average molecular weight is 313 g/mol. The number of aryl methyl sites for hydroxylation is 1. The van der Waals surface area contributed by atoms with Crippen molar-refractivity contribution >= 4 is 39.0 Å². The lowest BCUT2D eigenvalue weighted by molar-refractivity contribution is 1.13. The van der Waals surface area contributed by atoms with Crippen LogP contribution in [0.3, 0.4) is 0 Å². The van der Waals surface area contributed by atoms with Gasteiger partial charge in [0.2, 0.25) is 0 Å². The molecule has 0 amide bonds. The molecule has 0 aliphatic heterocycles. The molecule has 0 atom stereocenters. The first-order chi connectivity index (χ1) is 8.20. The molecule has 0 saturated heterocycles. The molecular weight excluding hydrogens is 302 g/mol. The molecule has 2 aromatic rings. The second-order valence-electron chi connectivity index (χ2n) is 3.48. The maximum Gasteiger partial charge on any atom is 0.171 e. The summed E-state index contributed by atoms with van der Waals surface area (Å²) >= 11 is 9.41. The number of rotatable bonds is 3. The van der Waals surface area contributed by atoms with Gasteiger partial charge in [-0.2, -0.15) is 0 Å². The fourth-order valence-electron chi connectivity index (χ4n) is 1.51. The highest BCUT2D eigenvalue weighted by atomic mass is 79.9. The van der Waals surface area contributed by atoms with Crippen LogP contribution in [0.2, 0.25) is 5.15 Å². The van der Waals surface area contributed by atoms with Crippen molar-refractivity contribution in [1.29, 1.82) is 0 Å². The lowest BCUT2D eigenvalue weighted by Crippen LogP contribution is -1.98. The molecule has 2 rings (SSSR count). The molecule has 0 fully saturated rings. The van der Waals surface area contributed by atoms with Crippen LogP contribution in [-0.4, -0.2) is 9.97 Å². The number of benzene rings is 1. The summed E-state index contributed by atoms with van der Waals surface area (Å²) in [6, 6.07) is 6.05. The van der Waals surface area contributed by atoms with E-state index in [1.54, 1.807) is 12.4 Å². The maximum atomic E-state index is 5.96. The first kappa shape index (κ1) is 12.3. The minimum absolute atomic E-state index is 0.373. The summed E-state index contributed by atoms with van der Waals surface area (Å²) in [6.45, 7) is 2.10. The molecule has 5 heteroatoms. The van der Waals surface area contributed by atoms with Gasteiger partial charge in [0.15, 0.2) is 11.0 Å². The van der Waals surface area contributed by atoms with E-state index in [-0.39, 0.29) is 0 Å². The van der Waals surface area contributed by atoms with Gasteiger partial charge in [-0.05, 0) is 30.2 Å². The highest BCUT2D eigenvalue weighted by molar-refractivity contribution is 9.10. The highest BCUT2D eigenvalue weighted by Crippen LogP contribution is 2.26. The zero-order valence-corrected chi connectivity index (χ0v) is 11.6. The Morgan fingerprint density at radius 3 is 2.76 bits per heavy atom. The highest BCUT2D eigenvalue weighted by Gasteiger charge is 2.06. The average Bonchev–Trinajstić information content (AvgIpc) is 2.34. The van der Waals surface area contributed by atoms with Crippen LogP contribution in [0.5, 0.6) is 0 Å². The fraction of sp³-hybridized carbons (Fsp3) is 0.167. The first-order valence-corrected chi connectivity index (χ1v) is 6.39. The van der Waals surface area contributed by atoms with Crippen molar-refractivity contribution in [2.75, 3.05) is 5.32 Å². The third-order valence-electron chi connectivity index (χ3n) is 2.35. The SMILES string of the molecule is CCc1cc(Br)ccc1Nc1nccnc1Cl. The van der Waals surface area contributed by atoms with E-state index >= 15 is 0 Å². The Labute approximate surface area is 113 Å². The molecule has 17 heavy (non-hydrogen) atoms. The second kappa shape index (κ2) is 5.47. The van der Waals surface area contributed by atoms with Crippen molar-refractivity contribution in [2.45, 2.75) is 13.3 Å². The molecule has 0 spiro atoms. The van der Waals surface area contributed by atoms with Crippen LogP contribution < -0.4 is 5.32 Å². The van der Waals surface area contributed by atoms with E-state index in [4.69, 9.17) is 11.6 Å². The summed E-state index contributed by atoms with van der Waals surface area (Å²) in [5.41, 5.74) is 2.19. The molecule has 3 nitrogen and oxygen atoms in total. The number of nitrogens with one attached hydrogen (secondary N) is 1. The molecule has 1 aromatic heterocycles. The Bertz CT molecular complexity index is 531. The van der Waals surface area contributed by atoms with Gasteiger partial charge < -0.3 is 5.32 Å². The molecule has 1 heterocycles. The van der Waals surface area contributed by atoms with Gasteiger partial charge in [0.05, 0.1) is 0 Å². The van der Waals surface area contributed by atoms with Crippen molar-refractivity contribution < 1.29 is 0 Å². The molecule has 0 unspecified atom stereocenters. The van der Waals surface area contributed by atoms with Crippen LogP contribution in [0.4, 0.5) is 11.5 Å². The van der Waals surface area contributed by atoms with E-state index in [0.29, 0.717) is 11.0 Å². The monoisotopic (exact) mass is 311 g/mol. The van der Waals surface area contributed by atoms with Crippen molar-refractivity contribution in [3.05, 3.63) is 45.8 Å². The molecular formula is C12H11BrClN3. The van der Waals surface area contributed by atoms with E-state index < -0.39 is 0 Å². The summed E-state index contributed by atoms with van der Waals surface area (Å²) in [7, 11) is 0. The second-order valence-corrected chi connectivity index (χ2v) is 4.75. The predicted molar refractivity (Wildman–Crippen MR) is 73.8 cm³/mol. The standard InChI is InChI=1S/C12H11BrClN3/c1-2-8-7-9(13)3-4-10(8)17-12-11(14)15-5-6-16-12/h3-7H,2H2,1H3,(H,16,17). The van der Waals surface area contributed by atoms with Crippen LogP contribution in [0.25, 0.3) is 0 Å². The minimum Gasteiger partial charge on any atom is -0.337 e. The molecule has 1 aromatic carbocycles. The number of hydrogen-bond donors (Lipinski definition) is 1. The van der Waals surface area contributed by atoms with Crippen molar-refractivity contribution in [3.63, 3.8) is 0 Å². The van der Waals surface area contributed by atoms with E-state index in [2.05, 4.69) is 44.2 Å². The fourth-order valence-corrected chi connectivity index (χ4v) is 2.07. The Kier molecular flexibility index (Phi) is 3.97. The van der Waals surface area contributed by atoms with Crippen LogP contribution in [0, 0.1) is 0 Å². The molecule has 88 valence electrons. The van der Waals surface area contributed by atoms with Gasteiger partial charge in [-0.3, -0.25) is 0 Å². The van der Waals surface area contributed by atoms with Gasteiger partial charge in [0.1, 0.15) is 0 Å². The summed E-state index contributed by atoms with van der Waals surface area (Å²) in [5, 5.41) is 3.57. The number of halogens is 2. The normalized spacial score (nSPS) is 10.3. The van der Waals surface area contributed by atoms with Gasteiger partial charge in [-0.1, -0.05) is 34.5 Å². The largest absolute Gasteiger partial charge is 0.337 e. The molecule has 1 N–H and O–H groups in total. The van der Waals surface area contributed by atoms with Crippen molar-refractivity contribution in [2.24, 2.45) is 0 Å². The third kappa shape index (κ3) is 2.96. The molecule has 0 saturated carbocycles. The number of aromatic nitrogens is 2. The quantitative estimate of drug-likeness (QED) is 0.923. The van der Waals surface area contributed by atoms with Gasteiger partial charge in [-0.25, -0.2) is 9.97 Å². The summed E-state index contributed by atoms with van der Waals surface area (Å²) in [6.07, 6.45) is 4.11. The van der Waals surface area contributed by atoms with Gasteiger partial charge in [0.25, 0.3) is 0 Å². The maximum absolute atomic E-state index is 5.96. The zero-order valence-electron chi connectivity index (χ0n) is 9.24. The van der Waals surface area contributed by atoms with E-state index in [9.17, 15) is 0 Å². The smallest absolute Gasteiger partial charge is 0.171 e. The lowest BCUT2D eigenvalue weighted by Gasteiger charge is -2.11. The van der Waals surface area contributed by atoms with E-state index in [1.807, 2.05) is 12.1 Å². The topological polar surface area (TPSA) is 37.8 Å². The Balaban J connectivity index is 2.33. The summed E-state index contributed by atoms with van der Waals surface area (Å²) in [5.74, 6) is 0.575. The molecule has 0 aliphatic carbocycles. The lowest BCUT2D eigenvalue weighted by atomic mass is 10.1. The Hall–Kier alpha value is -1.13. The van der Waals surface area contributed by atoms with Crippen LogP contribution >= 0.6 is 27.5 Å². The van der Waals surface area contributed by atoms with Crippen LogP contribution in [0.1, 0.15) is 12.5 Å². The van der Waals surface area contributed by atoms with Crippen LogP contribution in [-0.2, 0) is 6.42 Å². The Morgan fingerprint density at radius 1 is 1.29 bits per heavy atom. The van der Waals surface area contributed by atoms with Gasteiger partial charge in [-0.15, -0.1) is 0 Å². The summed E-state index contributed by atoms with van der Waals surface area (Å²) < 4.78 is 1.06. The molecule has 0 bridgehead atoms. The summed E-state index contributed by atoms with van der Waals surface area (Å²) in [4.78, 5) is 8.13. The molecule has 0 aliphatic rings. The number of nitrogens with zero attached hydrogens (tertiary/aromatic N) is 2. The number of hydrogen-bond acceptors (Lipinski definition) is 3. The van der Waals surface area contributed by atoms with Crippen molar-refractivity contribution in [1.82, 2.24) is 9.97 Å². The predicted octanol–water partition coefficient (Wildman–Crippen LogP) is 4.20. The molecule has 0 radical (unpaired) electrons. The minimum atomic E-state index is 0.373. The zero-order chi connectivity index (χ0) is 12.3. The van der Waals surface area contributed by atoms with Crippen LogP contribution in [0.15, 0.2) is 35.1 Å². The van der Waals surface area contributed by atoms with Crippen molar-refractivity contribution in [3.8, 4) is 0 Å². The Morgan fingerprint density at radius 2 is 2.06 bits per heavy atom. The first-order valence-electron chi connectivity index (χ1n) is 5.22. The number of anilines is 2. The van der Waals surface area contributed by atoms with E-state index in [1.165, 1.54) is 5.56 Å². The van der Waals surface area contributed by atoms with E-state index in [0.717, 1.165) is 16.6 Å². The van der Waals surface area contributed by atoms with Gasteiger partial charge >= 0.3 is 0 Å². The third-order valence-corrected chi connectivity index (χ3v) is 3.12. The van der Waals surface area contributed by atoms with Gasteiger partial charge in [0, 0.05) is 22.6 Å².